The monoisotopic (exact) mass is 399 g/mol. The average Bonchev–Trinajstić information content (AvgIpc) is 2.76. The number of rotatable bonds is 6. The van der Waals surface area contributed by atoms with E-state index in [1.165, 1.54) is 10.7 Å². The predicted molar refractivity (Wildman–Crippen MR) is 118 cm³/mol. The van der Waals surface area contributed by atoms with E-state index >= 15 is 0 Å². The Bertz CT molecular complexity index is 1260. The first kappa shape index (κ1) is 19.4. The van der Waals surface area contributed by atoms with E-state index in [-0.39, 0.29) is 18.0 Å². The molecule has 4 rings (SSSR count). The van der Waals surface area contributed by atoms with Crippen LogP contribution in [0.25, 0.3) is 22.0 Å². The van der Waals surface area contributed by atoms with E-state index in [4.69, 9.17) is 4.74 Å². The van der Waals surface area contributed by atoms with Crippen molar-refractivity contribution in [2.45, 2.75) is 13.5 Å². The second kappa shape index (κ2) is 8.61. The molecule has 1 amide bonds. The Hall–Kier alpha value is -3.93. The van der Waals surface area contributed by atoms with Crippen LogP contribution in [-0.4, -0.2) is 22.3 Å². The molecule has 0 bridgehead atoms. The molecule has 1 N–H and O–H groups in total. The van der Waals surface area contributed by atoms with Crippen LogP contribution in [-0.2, 0) is 11.3 Å². The van der Waals surface area contributed by atoms with Gasteiger partial charge in [-0.15, -0.1) is 0 Å². The summed E-state index contributed by atoms with van der Waals surface area (Å²) in [6.45, 7) is 2.17. The smallest absolute Gasteiger partial charge is 0.267 e. The number of ether oxygens (including phenoxy) is 1. The highest BCUT2D eigenvalue weighted by Crippen LogP contribution is 2.26. The van der Waals surface area contributed by atoms with Gasteiger partial charge in [0.2, 0.25) is 5.91 Å². The fourth-order valence-electron chi connectivity index (χ4n) is 3.33. The number of carbonyl (C=O) groups is 1. The van der Waals surface area contributed by atoms with Gasteiger partial charge in [0.15, 0.2) is 0 Å². The van der Waals surface area contributed by atoms with Gasteiger partial charge in [-0.05, 0) is 35.9 Å². The van der Waals surface area contributed by atoms with Crippen molar-refractivity contribution < 1.29 is 9.53 Å². The van der Waals surface area contributed by atoms with Crippen molar-refractivity contribution in [2.75, 3.05) is 11.9 Å². The summed E-state index contributed by atoms with van der Waals surface area (Å²) in [5.41, 5.74) is 1.76. The van der Waals surface area contributed by atoms with E-state index in [1.54, 1.807) is 18.2 Å². The van der Waals surface area contributed by atoms with Gasteiger partial charge in [-0.1, -0.05) is 54.6 Å². The molecule has 0 saturated carbocycles. The summed E-state index contributed by atoms with van der Waals surface area (Å²) in [7, 11) is 0. The number of hydrogen-bond donors (Lipinski definition) is 1. The van der Waals surface area contributed by atoms with E-state index in [1.807, 2.05) is 61.5 Å². The van der Waals surface area contributed by atoms with Crippen LogP contribution in [0.1, 0.15) is 6.92 Å². The maximum atomic E-state index is 12.6. The molecule has 0 unspecified atom stereocenters. The lowest BCUT2D eigenvalue weighted by Gasteiger charge is -2.12. The number of carbonyl (C=O) groups excluding carboxylic acids is 1. The highest BCUT2D eigenvalue weighted by molar-refractivity contribution is 5.95. The molecule has 6 nitrogen and oxygen atoms in total. The van der Waals surface area contributed by atoms with Crippen LogP contribution < -0.4 is 15.6 Å². The van der Waals surface area contributed by atoms with Crippen LogP contribution in [0.3, 0.4) is 0 Å². The predicted octanol–water partition coefficient (Wildman–Crippen LogP) is 4.10. The molecule has 0 aliphatic heterocycles. The van der Waals surface area contributed by atoms with Crippen LogP contribution in [0, 0.1) is 0 Å². The number of benzene rings is 3. The van der Waals surface area contributed by atoms with Gasteiger partial charge < -0.3 is 10.1 Å². The second-order valence-corrected chi connectivity index (χ2v) is 6.72. The first-order chi connectivity index (χ1) is 14.7. The lowest BCUT2D eigenvalue weighted by molar-refractivity contribution is -0.117. The van der Waals surface area contributed by atoms with Crippen molar-refractivity contribution in [3.05, 3.63) is 89.2 Å². The van der Waals surface area contributed by atoms with E-state index in [2.05, 4.69) is 10.4 Å². The number of anilines is 1. The van der Waals surface area contributed by atoms with E-state index < -0.39 is 0 Å². The number of aromatic nitrogens is 2. The molecular formula is C24H21N3O3. The van der Waals surface area contributed by atoms with Crippen LogP contribution in [0.2, 0.25) is 0 Å². The van der Waals surface area contributed by atoms with E-state index in [0.29, 0.717) is 23.7 Å². The lowest BCUT2D eigenvalue weighted by Crippen LogP contribution is -2.29. The first-order valence-electron chi connectivity index (χ1n) is 9.73. The Labute approximate surface area is 173 Å². The Kier molecular flexibility index (Phi) is 5.57. The Morgan fingerprint density at radius 3 is 2.60 bits per heavy atom. The minimum atomic E-state index is -0.355. The third-order valence-corrected chi connectivity index (χ3v) is 4.69. The number of para-hydroxylation sites is 2. The maximum absolute atomic E-state index is 12.6. The number of amides is 1. The van der Waals surface area contributed by atoms with Crippen molar-refractivity contribution >= 4 is 22.4 Å². The molecule has 6 heteroatoms. The van der Waals surface area contributed by atoms with Gasteiger partial charge in [0.05, 0.1) is 18.0 Å². The van der Waals surface area contributed by atoms with Gasteiger partial charge in [-0.2, -0.15) is 5.10 Å². The van der Waals surface area contributed by atoms with Crippen molar-refractivity contribution in [1.29, 1.82) is 0 Å². The summed E-state index contributed by atoms with van der Waals surface area (Å²) in [5, 5.41) is 9.36. The largest absolute Gasteiger partial charge is 0.492 e. The van der Waals surface area contributed by atoms with Gasteiger partial charge >= 0.3 is 0 Å². The summed E-state index contributed by atoms with van der Waals surface area (Å²) in [6, 6.07) is 24.2. The van der Waals surface area contributed by atoms with E-state index in [9.17, 15) is 9.59 Å². The topological polar surface area (TPSA) is 73.2 Å². The minimum Gasteiger partial charge on any atom is -0.492 e. The molecule has 3 aromatic carbocycles. The molecule has 30 heavy (non-hydrogen) atoms. The molecule has 0 fully saturated rings. The van der Waals surface area contributed by atoms with Crippen molar-refractivity contribution in [1.82, 2.24) is 9.78 Å². The summed E-state index contributed by atoms with van der Waals surface area (Å²) in [6.07, 6.45) is 0. The van der Waals surface area contributed by atoms with Gasteiger partial charge in [0.25, 0.3) is 5.56 Å². The fourth-order valence-corrected chi connectivity index (χ4v) is 3.33. The maximum Gasteiger partial charge on any atom is 0.267 e. The third kappa shape index (κ3) is 4.07. The normalized spacial score (nSPS) is 10.7. The van der Waals surface area contributed by atoms with E-state index in [0.717, 1.165) is 16.3 Å². The summed E-state index contributed by atoms with van der Waals surface area (Å²) in [5.74, 6) is 0.227. The zero-order chi connectivity index (χ0) is 20.9. The molecular weight excluding hydrogens is 378 g/mol. The van der Waals surface area contributed by atoms with Gasteiger partial charge in [-0.25, -0.2) is 4.68 Å². The van der Waals surface area contributed by atoms with Crippen LogP contribution in [0.15, 0.2) is 83.7 Å². The summed E-state index contributed by atoms with van der Waals surface area (Å²) in [4.78, 5) is 24.9. The molecule has 0 saturated heterocycles. The Morgan fingerprint density at radius 1 is 0.967 bits per heavy atom. The molecule has 0 spiro atoms. The summed E-state index contributed by atoms with van der Waals surface area (Å²) >= 11 is 0. The zero-order valence-electron chi connectivity index (χ0n) is 16.5. The standard InChI is InChI=1S/C24H21N3O3/c1-2-30-22-13-6-5-12-21(22)25-23(28)16-27-24(29)15-14-20(26-27)19-11-7-9-17-8-3-4-10-18(17)19/h3-15H,2,16H2,1H3,(H,25,28). The summed E-state index contributed by atoms with van der Waals surface area (Å²) < 4.78 is 6.71. The van der Waals surface area contributed by atoms with Gasteiger partial charge in [0, 0.05) is 11.6 Å². The number of nitrogens with zero attached hydrogens (tertiary/aromatic N) is 2. The van der Waals surface area contributed by atoms with Crippen LogP contribution >= 0.6 is 0 Å². The zero-order valence-corrected chi connectivity index (χ0v) is 16.5. The van der Waals surface area contributed by atoms with Gasteiger partial charge in [0.1, 0.15) is 12.3 Å². The van der Waals surface area contributed by atoms with Crippen molar-refractivity contribution in [3.8, 4) is 17.0 Å². The number of hydrogen-bond acceptors (Lipinski definition) is 4. The first-order valence-corrected chi connectivity index (χ1v) is 9.73. The number of fused-ring (bicyclic) bond motifs is 1. The lowest BCUT2D eigenvalue weighted by atomic mass is 10.0. The highest BCUT2D eigenvalue weighted by atomic mass is 16.5. The molecule has 1 aromatic heterocycles. The Balaban J connectivity index is 1.61. The van der Waals surface area contributed by atoms with Crippen LogP contribution in [0.5, 0.6) is 5.75 Å². The highest BCUT2D eigenvalue weighted by Gasteiger charge is 2.12. The van der Waals surface area contributed by atoms with Gasteiger partial charge in [-0.3, -0.25) is 9.59 Å². The molecule has 0 radical (unpaired) electrons. The Morgan fingerprint density at radius 2 is 1.73 bits per heavy atom. The third-order valence-electron chi connectivity index (χ3n) is 4.69. The second-order valence-electron chi connectivity index (χ2n) is 6.72. The van der Waals surface area contributed by atoms with Crippen molar-refractivity contribution in [2.24, 2.45) is 0 Å². The minimum absolute atomic E-state index is 0.197. The van der Waals surface area contributed by atoms with Crippen LogP contribution in [0.4, 0.5) is 5.69 Å². The fraction of sp³-hybridized carbons (Fsp3) is 0.125. The number of nitrogens with one attached hydrogen (secondary N) is 1. The SMILES string of the molecule is CCOc1ccccc1NC(=O)Cn1nc(-c2cccc3ccccc23)ccc1=O. The quantitative estimate of drug-likeness (QED) is 0.530. The molecule has 0 atom stereocenters. The van der Waals surface area contributed by atoms with Crippen molar-refractivity contribution in [3.63, 3.8) is 0 Å². The molecule has 4 aromatic rings. The molecule has 1 heterocycles. The average molecular weight is 399 g/mol. The molecule has 0 aliphatic rings. The molecule has 0 aliphatic carbocycles. The molecule has 150 valence electrons.